The van der Waals surface area contributed by atoms with Crippen LogP contribution in [0.15, 0.2) is 29.3 Å². The van der Waals surface area contributed by atoms with Gasteiger partial charge in [0, 0.05) is 24.7 Å². The summed E-state index contributed by atoms with van der Waals surface area (Å²) in [6, 6.07) is 8.45. The predicted molar refractivity (Wildman–Crippen MR) is 105 cm³/mol. The summed E-state index contributed by atoms with van der Waals surface area (Å²) < 4.78 is 0. The van der Waals surface area contributed by atoms with Crippen LogP contribution in [0.3, 0.4) is 0 Å². The monoisotopic (exact) mass is 436 g/mol. The van der Waals surface area contributed by atoms with E-state index in [-0.39, 0.29) is 24.0 Å². The van der Waals surface area contributed by atoms with Crippen LogP contribution in [0.5, 0.6) is 0 Å². The SMILES string of the molecule is CCCN(C)C(CNC1=NCCCN1)c1ccc(Cl)cc1.I. The molecule has 0 aliphatic carbocycles. The maximum atomic E-state index is 6.00. The Labute approximate surface area is 155 Å². The molecule has 0 saturated heterocycles. The van der Waals surface area contributed by atoms with E-state index in [0.717, 1.165) is 50.0 Å². The van der Waals surface area contributed by atoms with Crippen molar-refractivity contribution in [1.82, 2.24) is 15.5 Å². The van der Waals surface area contributed by atoms with Crippen molar-refractivity contribution < 1.29 is 0 Å². The first kappa shape index (κ1) is 19.5. The van der Waals surface area contributed by atoms with Crippen molar-refractivity contribution in [1.29, 1.82) is 0 Å². The molecule has 124 valence electrons. The number of nitrogens with zero attached hydrogens (tertiary/aromatic N) is 2. The summed E-state index contributed by atoms with van der Waals surface area (Å²) >= 11 is 6.00. The third kappa shape index (κ3) is 5.93. The molecule has 22 heavy (non-hydrogen) atoms. The second-order valence-corrected chi connectivity index (χ2v) is 5.88. The molecule has 2 N–H and O–H groups in total. The van der Waals surface area contributed by atoms with E-state index in [4.69, 9.17) is 11.6 Å². The lowest BCUT2D eigenvalue weighted by molar-refractivity contribution is 0.245. The number of hydrogen-bond acceptors (Lipinski definition) is 4. The highest BCUT2D eigenvalue weighted by Crippen LogP contribution is 2.21. The molecule has 1 atom stereocenters. The maximum absolute atomic E-state index is 6.00. The molecule has 6 heteroatoms. The Balaban J connectivity index is 0.00000242. The van der Waals surface area contributed by atoms with Crippen LogP contribution in [0, 0.1) is 0 Å². The third-order valence-electron chi connectivity index (χ3n) is 3.72. The molecule has 1 unspecified atom stereocenters. The Morgan fingerprint density at radius 2 is 2.09 bits per heavy atom. The van der Waals surface area contributed by atoms with Gasteiger partial charge < -0.3 is 10.6 Å². The Bertz CT molecular complexity index is 464. The number of halogens is 2. The largest absolute Gasteiger partial charge is 0.356 e. The zero-order valence-corrected chi connectivity index (χ0v) is 16.4. The van der Waals surface area contributed by atoms with Crippen molar-refractivity contribution in [3.63, 3.8) is 0 Å². The number of rotatable bonds is 6. The van der Waals surface area contributed by atoms with Crippen LogP contribution in [0.1, 0.15) is 31.4 Å². The zero-order valence-electron chi connectivity index (χ0n) is 13.3. The molecule has 0 fully saturated rings. The van der Waals surface area contributed by atoms with Crippen LogP contribution in [-0.2, 0) is 0 Å². The zero-order chi connectivity index (χ0) is 15.1. The molecule has 2 rings (SSSR count). The molecule has 1 aliphatic heterocycles. The van der Waals surface area contributed by atoms with Gasteiger partial charge in [-0.2, -0.15) is 0 Å². The van der Waals surface area contributed by atoms with Gasteiger partial charge in [0.05, 0.1) is 6.04 Å². The van der Waals surface area contributed by atoms with Gasteiger partial charge in [0.2, 0.25) is 0 Å². The van der Waals surface area contributed by atoms with Crippen LogP contribution >= 0.6 is 35.6 Å². The van der Waals surface area contributed by atoms with E-state index in [2.05, 4.69) is 46.6 Å². The second-order valence-electron chi connectivity index (χ2n) is 5.44. The lowest BCUT2D eigenvalue weighted by Crippen LogP contribution is -2.44. The van der Waals surface area contributed by atoms with Crippen molar-refractivity contribution >= 4 is 41.5 Å². The summed E-state index contributed by atoms with van der Waals surface area (Å²) in [6.07, 6.45) is 2.25. The minimum atomic E-state index is 0. The number of hydrogen-bond donors (Lipinski definition) is 2. The molecule has 1 heterocycles. The molecule has 1 aromatic rings. The van der Waals surface area contributed by atoms with Crippen molar-refractivity contribution in [3.05, 3.63) is 34.9 Å². The standard InChI is InChI=1S/C16H25ClN4.HI/c1-3-11-21(2)15(13-5-7-14(17)8-6-13)12-20-16-18-9-4-10-19-16;/h5-8,15H,3-4,9-12H2,1-2H3,(H2,18,19,20);1H. The van der Waals surface area contributed by atoms with Crippen LogP contribution in [0.4, 0.5) is 0 Å². The first-order chi connectivity index (χ1) is 10.2. The number of aliphatic imine (C=N–C) groups is 1. The van der Waals surface area contributed by atoms with Crippen molar-refractivity contribution in [2.24, 2.45) is 4.99 Å². The average molecular weight is 437 g/mol. The number of guanidine groups is 1. The van der Waals surface area contributed by atoms with E-state index in [0.29, 0.717) is 6.04 Å². The highest BCUT2D eigenvalue weighted by molar-refractivity contribution is 14.0. The highest BCUT2D eigenvalue weighted by atomic mass is 127. The van der Waals surface area contributed by atoms with E-state index in [9.17, 15) is 0 Å². The van der Waals surface area contributed by atoms with E-state index >= 15 is 0 Å². The Hall–Kier alpha value is -0.530. The molecule has 0 radical (unpaired) electrons. The van der Waals surface area contributed by atoms with Crippen LogP contribution in [0.2, 0.25) is 5.02 Å². The molecule has 1 aromatic carbocycles. The van der Waals surface area contributed by atoms with Crippen LogP contribution < -0.4 is 10.6 Å². The number of likely N-dealkylation sites (N-methyl/N-ethyl adjacent to an activating group) is 1. The first-order valence-electron chi connectivity index (χ1n) is 7.68. The van der Waals surface area contributed by atoms with Crippen molar-refractivity contribution in [3.8, 4) is 0 Å². The lowest BCUT2D eigenvalue weighted by Gasteiger charge is -2.29. The average Bonchev–Trinajstić information content (AvgIpc) is 2.50. The van der Waals surface area contributed by atoms with Gasteiger partial charge in [-0.1, -0.05) is 30.7 Å². The van der Waals surface area contributed by atoms with Gasteiger partial charge in [0.15, 0.2) is 5.96 Å². The smallest absolute Gasteiger partial charge is 0.191 e. The normalized spacial score (nSPS) is 15.5. The Morgan fingerprint density at radius 3 is 2.68 bits per heavy atom. The summed E-state index contributed by atoms with van der Waals surface area (Å²) in [5.41, 5.74) is 1.28. The molecular formula is C16H26ClIN4. The number of nitrogens with one attached hydrogen (secondary N) is 2. The van der Waals surface area contributed by atoms with E-state index in [1.807, 2.05) is 12.1 Å². The molecule has 0 saturated carbocycles. The van der Waals surface area contributed by atoms with Gasteiger partial charge >= 0.3 is 0 Å². The Kier molecular flexibility index (Phi) is 9.12. The van der Waals surface area contributed by atoms with Crippen LogP contribution in [-0.4, -0.2) is 44.1 Å². The summed E-state index contributed by atoms with van der Waals surface area (Å²) in [6.45, 7) is 6.02. The van der Waals surface area contributed by atoms with E-state index in [1.165, 1.54) is 5.56 Å². The summed E-state index contributed by atoms with van der Waals surface area (Å²) in [4.78, 5) is 6.84. The van der Waals surface area contributed by atoms with E-state index in [1.54, 1.807) is 0 Å². The fourth-order valence-corrected chi connectivity index (χ4v) is 2.69. The quantitative estimate of drug-likeness (QED) is 0.672. The predicted octanol–water partition coefficient (Wildman–Crippen LogP) is 3.28. The fraction of sp³-hybridized carbons (Fsp3) is 0.562. The molecule has 0 bridgehead atoms. The number of benzene rings is 1. The molecular weight excluding hydrogens is 411 g/mol. The van der Waals surface area contributed by atoms with Gasteiger partial charge in [-0.3, -0.25) is 9.89 Å². The molecule has 1 aliphatic rings. The van der Waals surface area contributed by atoms with Gasteiger partial charge in [0.1, 0.15) is 0 Å². The molecule has 4 nitrogen and oxygen atoms in total. The molecule has 0 aromatic heterocycles. The fourth-order valence-electron chi connectivity index (χ4n) is 2.57. The molecule has 0 spiro atoms. The second kappa shape index (κ2) is 10.3. The van der Waals surface area contributed by atoms with E-state index < -0.39 is 0 Å². The van der Waals surface area contributed by atoms with Gasteiger partial charge in [-0.25, -0.2) is 0 Å². The highest BCUT2D eigenvalue weighted by Gasteiger charge is 2.17. The van der Waals surface area contributed by atoms with Gasteiger partial charge in [-0.05, 0) is 44.1 Å². The summed E-state index contributed by atoms with van der Waals surface area (Å²) in [5, 5.41) is 7.52. The van der Waals surface area contributed by atoms with Crippen LogP contribution in [0.25, 0.3) is 0 Å². The lowest BCUT2D eigenvalue weighted by atomic mass is 10.1. The first-order valence-corrected chi connectivity index (χ1v) is 8.06. The van der Waals surface area contributed by atoms with Crippen molar-refractivity contribution in [2.75, 3.05) is 33.2 Å². The molecule has 0 amide bonds. The summed E-state index contributed by atoms with van der Waals surface area (Å²) in [7, 11) is 2.17. The maximum Gasteiger partial charge on any atom is 0.191 e. The van der Waals surface area contributed by atoms with Gasteiger partial charge in [0.25, 0.3) is 0 Å². The topological polar surface area (TPSA) is 39.7 Å². The minimum absolute atomic E-state index is 0. The third-order valence-corrected chi connectivity index (χ3v) is 3.98. The minimum Gasteiger partial charge on any atom is -0.356 e. The Morgan fingerprint density at radius 1 is 1.36 bits per heavy atom. The summed E-state index contributed by atoms with van der Waals surface area (Å²) in [5.74, 6) is 0.921. The van der Waals surface area contributed by atoms with Crippen molar-refractivity contribution in [2.45, 2.75) is 25.8 Å². The van der Waals surface area contributed by atoms with Gasteiger partial charge in [-0.15, -0.1) is 24.0 Å².